The fourth-order valence-corrected chi connectivity index (χ4v) is 1.46. The highest BCUT2D eigenvalue weighted by atomic mass is 16.3. The van der Waals surface area contributed by atoms with Crippen LogP contribution in [-0.2, 0) is 11.2 Å². The van der Waals surface area contributed by atoms with E-state index in [0.29, 0.717) is 0 Å². The van der Waals surface area contributed by atoms with Crippen molar-refractivity contribution in [2.45, 2.75) is 33.2 Å². The Morgan fingerprint density at radius 2 is 2.24 bits per heavy atom. The lowest BCUT2D eigenvalue weighted by Crippen LogP contribution is -2.39. The maximum Gasteiger partial charge on any atom is 0.226 e. The van der Waals surface area contributed by atoms with Gasteiger partial charge in [0.2, 0.25) is 5.91 Å². The first-order valence-corrected chi connectivity index (χ1v) is 5.85. The zero-order valence-electron chi connectivity index (χ0n) is 10.6. The molecule has 1 rings (SSSR count). The second-order valence-corrected chi connectivity index (χ2v) is 4.46. The van der Waals surface area contributed by atoms with Gasteiger partial charge in [0, 0.05) is 18.8 Å². The molecule has 0 aliphatic rings. The molecule has 4 heteroatoms. The Hall–Kier alpha value is -1.42. The van der Waals surface area contributed by atoms with Crippen molar-refractivity contribution < 1.29 is 9.90 Å². The highest BCUT2D eigenvalue weighted by molar-refractivity contribution is 5.78. The first kappa shape index (κ1) is 13.6. The highest BCUT2D eigenvalue weighted by Gasteiger charge is 2.14. The molecule has 17 heavy (non-hydrogen) atoms. The van der Waals surface area contributed by atoms with Crippen LogP contribution in [0.3, 0.4) is 0 Å². The summed E-state index contributed by atoms with van der Waals surface area (Å²) < 4.78 is 0. The van der Waals surface area contributed by atoms with Gasteiger partial charge in [-0.2, -0.15) is 0 Å². The summed E-state index contributed by atoms with van der Waals surface area (Å²) in [4.78, 5) is 15.9. The standard InChI is InChI=1S/C13H20N2O2/c1-9-5-4-6-14-12(9)7-13(17)15-11(3)10(2)8-16/h4-6,10-11,16H,7-8H2,1-3H3,(H,15,17). The SMILES string of the molecule is Cc1cccnc1CC(=O)NC(C)C(C)CO. The molecule has 94 valence electrons. The van der Waals surface area contributed by atoms with Crippen LogP contribution in [0.25, 0.3) is 0 Å². The van der Waals surface area contributed by atoms with Crippen LogP contribution >= 0.6 is 0 Å². The number of pyridine rings is 1. The summed E-state index contributed by atoms with van der Waals surface area (Å²) in [7, 11) is 0. The van der Waals surface area contributed by atoms with Gasteiger partial charge >= 0.3 is 0 Å². The van der Waals surface area contributed by atoms with Crippen LogP contribution in [0.4, 0.5) is 0 Å². The summed E-state index contributed by atoms with van der Waals surface area (Å²) >= 11 is 0. The number of amides is 1. The van der Waals surface area contributed by atoms with Gasteiger partial charge in [-0.25, -0.2) is 0 Å². The molecule has 0 fully saturated rings. The smallest absolute Gasteiger partial charge is 0.226 e. The summed E-state index contributed by atoms with van der Waals surface area (Å²) in [6, 6.07) is 3.76. The van der Waals surface area contributed by atoms with E-state index in [9.17, 15) is 4.79 Å². The molecule has 0 radical (unpaired) electrons. The summed E-state index contributed by atoms with van der Waals surface area (Å²) in [6.07, 6.45) is 1.98. The molecule has 1 amide bonds. The third kappa shape index (κ3) is 4.15. The van der Waals surface area contributed by atoms with Crippen LogP contribution in [0.15, 0.2) is 18.3 Å². The zero-order chi connectivity index (χ0) is 12.8. The molecule has 0 bridgehead atoms. The van der Waals surface area contributed by atoms with Crippen molar-refractivity contribution in [1.82, 2.24) is 10.3 Å². The van der Waals surface area contributed by atoms with E-state index < -0.39 is 0 Å². The highest BCUT2D eigenvalue weighted by Crippen LogP contribution is 2.05. The number of aliphatic hydroxyl groups is 1. The van der Waals surface area contributed by atoms with Gasteiger partial charge in [0.15, 0.2) is 0 Å². The van der Waals surface area contributed by atoms with E-state index in [4.69, 9.17) is 5.11 Å². The average molecular weight is 236 g/mol. The van der Waals surface area contributed by atoms with Crippen LogP contribution in [0, 0.1) is 12.8 Å². The number of aryl methyl sites for hydroxylation is 1. The fraction of sp³-hybridized carbons (Fsp3) is 0.538. The number of nitrogens with one attached hydrogen (secondary N) is 1. The lowest BCUT2D eigenvalue weighted by Gasteiger charge is -2.19. The molecular weight excluding hydrogens is 216 g/mol. The monoisotopic (exact) mass is 236 g/mol. The van der Waals surface area contributed by atoms with E-state index in [-0.39, 0.29) is 30.9 Å². The Morgan fingerprint density at radius 1 is 1.53 bits per heavy atom. The van der Waals surface area contributed by atoms with E-state index in [1.807, 2.05) is 32.9 Å². The van der Waals surface area contributed by atoms with Crippen molar-refractivity contribution in [2.24, 2.45) is 5.92 Å². The van der Waals surface area contributed by atoms with E-state index in [0.717, 1.165) is 11.3 Å². The number of aromatic nitrogens is 1. The second kappa shape index (κ2) is 6.35. The summed E-state index contributed by atoms with van der Waals surface area (Å²) in [5, 5.41) is 11.9. The number of carbonyl (C=O) groups excluding carboxylic acids is 1. The van der Waals surface area contributed by atoms with Crippen LogP contribution < -0.4 is 5.32 Å². The van der Waals surface area contributed by atoms with E-state index in [1.54, 1.807) is 6.20 Å². The van der Waals surface area contributed by atoms with Gasteiger partial charge in [-0.3, -0.25) is 9.78 Å². The Morgan fingerprint density at radius 3 is 2.82 bits per heavy atom. The van der Waals surface area contributed by atoms with Gasteiger partial charge in [0.1, 0.15) is 0 Å². The van der Waals surface area contributed by atoms with Crippen LogP contribution in [-0.4, -0.2) is 28.6 Å². The largest absolute Gasteiger partial charge is 0.396 e. The first-order valence-electron chi connectivity index (χ1n) is 5.85. The number of aliphatic hydroxyl groups excluding tert-OH is 1. The third-order valence-electron chi connectivity index (χ3n) is 2.98. The zero-order valence-corrected chi connectivity index (χ0v) is 10.6. The van der Waals surface area contributed by atoms with E-state index in [2.05, 4.69) is 10.3 Å². The molecule has 4 nitrogen and oxygen atoms in total. The molecule has 0 aliphatic carbocycles. The molecule has 0 saturated heterocycles. The van der Waals surface area contributed by atoms with Crippen molar-refractivity contribution >= 4 is 5.91 Å². The van der Waals surface area contributed by atoms with Crippen LogP contribution in [0.1, 0.15) is 25.1 Å². The Labute approximate surface area is 102 Å². The Balaban J connectivity index is 2.53. The second-order valence-electron chi connectivity index (χ2n) is 4.46. The Bertz CT molecular complexity index is 379. The van der Waals surface area contributed by atoms with Crippen molar-refractivity contribution in [2.75, 3.05) is 6.61 Å². The quantitative estimate of drug-likeness (QED) is 0.803. The number of nitrogens with zero attached hydrogens (tertiary/aromatic N) is 1. The number of hydrogen-bond donors (Lipinski definition) is 2. The molecule has 2 atom stereocenters. The van der Waals surface area contributed by atoms with Crippen molar-refractivity contribution in [3.63, 3.8) is 0 Å². The van der Waals surface area contributed by atoms with Crippen molar-refractivity contribution in [3.05, 3.63) is 29.6 Å². The predicted octanol–water partition coefficient (Wildman–Crippen LogP) is 1.07. The minimum atomic E-state index is -0.0559. The predicted molar refractivity (Wildman–Crippen MR) is 66.5 cm³/mol. The molecule has 0 saturated carbocycles. The van der Waals surface area contributed by atoms with Crippen molar-refractivity contribution in [3.8, 4) is 0 Å². The maximum absolute atomic E-state index is 11.8. The minimum absolute atomic E-state index is 0.0310. The molecule has 0 aromatic carbocycles. The molecule has 1 heterocycles. The molecule has 1 aromatic rings. The van der Waals surface area contributed by atoms with Gasteiger partial charge in [0.25, 0.3) is 0 Å². The van der Waals surface area contributed by atoms with Crippen LogP contribution in [0.2, 0.25) is 0 Å². The van der Waals surface area contributed by atoms with Gasteiger partial charge in [-0.1, -0.05) is 13.0 Å². The van der Waals surface area contributed by atoms with E-state index >= 15 is 0 Å². The average Bonchev–Trinajstić information content (AvgIpc) is 2.31. The van der Waals surface area contributed by atoms with Gasteiger partial charge in [-0.15, -0.1) is 0 Å². The lowest BCUT2D eigenvalue weighted by atomic mass is 10.0. The number of hydrogen-bond acceptors (Lipinski definition) is 3. The molecule has 1 aromatic heterocycles. The van der Waals surface area contributed by atoms with Gasteiger partial charge < -0.3 is 10.4 Å². The van der Waals surface area contributed by atoms with Gasteiger partial charge in [-0.05, 0) is 31.4 Å². The number of carbonyl (C=O) groups is 1. The van der Waals surface area contributed by atoms with Gasteiger partial charge in [0.05, 0.1) is 12.1 Å². The fourth-order valence-electron chi connectivity index (χ4n) is 1.46. The summed E-state index contributed by atoms with van der Waals surface area (Å²) in [5.41, 5.74) is 1.82. The lowest BCUT2D eigenvalue weighted by molar-refractivity contribution is -0.121. The van der Waals surface area contributed by atoms with Crippen LogP contribution in [0.5, 0.6) is 0 Å². The normalized spacial score (nSPS) is 14.1. The number of rotatable bonds is 5. The molecular formula is C13H20N2O2. The maximum atomic E-state index is 11.8. The topological polar surface area (TPSA) is 62.2 Å². The van der Waals surface area contributed by atoms with Crippen molar-refractivity contribution in [1.29, 1.82) is 0 Å². The Kier molecular flexibility index (Phi) is 5.10. The molecule has 0 spiro atoms. The molecule has 2 unspecified atom stereocenters. The summed E-state index contributed by atoms with van der Waals surface area (Å²) in [5.74, 6) is 0.00313. The molecule has 0 aliphatic heterocycles. The summed E-state index contributed by atoms with van der Waals surface area (Å²) in [6.45, 7) is 5.81. The molecule has 2 N–H and O–H groups in total. The minimum Gasteiger partial charge on any atom is -0.396 e. The van der Waals surface area contributed by atoms with E-state index in [1.165, 1.54) is 0 Å². The first-order chi connectivity index (χ1) is 8.04. The third-order valence-corrected chi connectivity index (χ3v) is 2.98.